The molecule has 25 heavy (non-hydrogen) atoms. The lowest BCUT2D eigenvalue weighted by atomic mass is 9.93. The maximum atomic E-state index is 11.8. The van der Waals surface area contributed by atoms with Gasteiger partial charge in [-0.15, -0.1) is 0 Å². The summed E-state index contributed by atoms with van der Waals surface area (Å²) in [7, 11) is 0. The third-order valence-electron chi connectivity index (χ3n) is 4.00. The molecule has 3 rings (SSSR count). The van der Waals surface area contributed by atoms with Crippen molar-refractivity contribution in [2.45, 2.75) is 6.04 Å². The van der Waals surface area contributed by atoms with Crippen molar-refractivity contribution in [1.82, 2.24) is 10.6 Å². The summed E-state index contributed by atoms with van der Waals surface area (Å²) in [5.41, 5.74) is 7.10. The minimum absolute atomic E-state index is 0.0221. The molecule has 3 aromatic carbocycles. The Hall–Kier alpha value is -3.18. The number of hydrogen-bond acceptors (Lipinski definition) is 3. The molecule has 0 aliphatic heterocycles. The van der Waals surface area contributed by atoms with Crippen LogP contribution in [0, 0.1) is 0 Å². The molecule has 3 amide bonds. The summed E-state index contributed by atoms with van der Waals surface area (Å²) in [6, 6.07) is 23.0. The highest BCUT2D eigenvalue weighted by atomic mass is 16.2. The van der Waals surface area contributed by atoms with Crippen molar-refractivity contribution in [2.75, 3.05) is 6.54 Å². The van der Waals surface area contributed by atoms with E-state index in [1.807, 2.05) is 54.6 Å². The maximum absolute atomic E-state index is 11.8. The van der Waals surface area contributed by atoms with Crippen molar-refractivity contribution >= 4 is 22.7 Å². The molecule has 0 heterocycles. The van der Waals surface area contributed by atoms with Gasteiger partial charge >= 0.3 is 6.03 Å². The summed E-state index contributed by atoms with van der Waals surface area (Å²) in [6.45, 7) is -0.0221. The largest absolute Gasteiger partial charge is 0.351 e. The van der Waals surface area contributed by atoms with Gasteiger partial charge in [0.1, 0.15) is 0 Å². The maximum Gasteiger partial charge on any atom is 0.318 e. The van der Waals surface area contributed by atoms with Crippen LogP contribution in [0.5, 0.6) is 0 Å². The molecule has 4 N–H and O–H groups in total. The number of imide groups is 1. The van der Waals surface area contributed by atoms with Crippen LogP contribution in [0.2, 0.25) is 0 Å². The van der Waals surface area contributed by atoms with Gasteiger partial charge in [-0.25, -0.2) is 4.79 Å². The number of nitrogens with two attached hydrogens (primary N) is 1. The molecule has 0 fully saturated rings. The lowest BCUT2D eigenvalue weighted by molar-refractivity contribution is -0.119. The normalized spacial score (nSPS) is 11.8. The molecule has 0 aliphatic rings. The summed E-state index contributed by atoms with van der Waals surface area (Å²) < 4.78 is 0. The molecule has 3 aromatic rings. The molecule has 1 unspecified atom stereocenters. The van der Waals surface area contributed by atoms with Crippen molar-refractivity contribution in [3.8, 4) is 0 Å². The van der Waals surface area contributed by atoms with Gasteiger partial charge in [-0.2, -0.15) is 0 Å². The number of nitrogens with one attached hydrogen (secondary N) is 2. The van der Waals surface area contributed by atoms with Gasteiger partial charge in [0, 0.05) is 0 Å². The Morgan fingerprint density at radius 1 is 0.880 bits per heavy atom. The fraction of sp³-hybridized carbons (Fsp3) is 0.100. The first-order valence-corrected chi connectivity index (χ1v) is 8.00. The number of hydrogen-bond donors (Lipinski definition) is 3. The van der Waals surface area contributed by atoms with E-state index in [2.05, 4.69) is 28.8 Å². The Labute approximate surface area is 145 Å². The molecule has 0 bridgehead atoms. The molecule has 0 saturated carbocycles. The average molecular weight is 333 g/mol. The zero-order valence-corrected chi connectivity index (χ0v) is 13.6. The van der Waals surface area contributed by atoms with E-state index in [1.165, 1.54) is 0 Å². The first-order valence-electron chi connectivity index (χ1n) is 8.00. The zero-order valence-electron chi connectivity index (χ0n) is 13.6. The molecular formula is C20H19N3O2. The minimum Gasteiger partial charge on any atom is -0.351 e. The third-order valence-corrected chi connectivity index (χ3v) is 4.00. The Balaban J connectivity index is 1.96. The van der Waals surface area contributed by atoms with E-state index in [0.29, 0.717) is 0 Å². The highest BCUT2D eigenvalue weighted by Crippen LogP contribution is 2.28. The molecule has 0 aromatic heterocycles. The van der Waals surface area contributed by atoms with Crippen LogP contribution in [0.3, 0.4) is 0 Å². The van der Waals surface area contributed by atoms with Crippen LogP contribution in [0.25, 0.3) is 10.8 Å². The Morgan fingerprint density at radius 3 is 2.32 bits per heavy atom. The van der Waals surface area contributed by atoms with E-state index >= 15 is 0 Å². The van der Waals surface area contributed by atoms with E-state index in [0.717, 1.165) is 21.9 Å². The van der Waals surface area contributed by atoms with E-state index in [9.17, 15) is 9.59 Å². The molecule has 0 aliphatic carbocycles. The lowest BCUT2D eigenvalue weighted by Gasteiger charge is -2.21. The molecule has 0 radical (unpaired) electrons. The average Bonchev–Trinajstić information content (AvgIpc) is 2.62. The smallest absolute Gasteiger partial charge is 0.318 e. The fourth-order valence-electron chi connectivity index (χ4n) is 2.93. The van der Waals surface area contributed by atoms with Gasteiger partial charge in [-0.1, -0.05) is 72.8 Å². The Morgan fingerprint density at radius 2 is 1.56 bits per heavy atom. The highest BCUT2D eigenvalue weighted by Gasteiger charge is 2.17. The molecular weight excluding hydrogens is 314 g/mol. The SMILES string of the molecule is NC(=O)NC(=O)CNC(c1ccccc1)c1cccc2ccccc12. The molecule has 1 atom stereocenters. The predicted octanol–water partition coefficient (Wildman–Crippen LogP) is 2.71. The molecule has 0 saturated heterocycles. The lowest BCUT2D eigenvalue weighted by Crippen LogP contribution is -2.41. The predicted molar refractivity (Wildman–Crippen MR) is 98.0 cm³/mol. The third kappa shape index (κ3) is 4.02. The second-order valence-electron chi connectivity index (χ2n) is 5.71. The van der Waals surface area contributed by atoms with E-state index in [1.54, 1.807) is 0 Å². The van der Waals surface area contributed by atoms with Gasteiger partial charge in [-0.05, 0) is 21.9 Å². The van der Waals surface area contributed by atoms with Gasteiger partial charge in [0.15, 0.2) is 0 Å². The van der Waals surface area contributed by atoms with Crippen molar-refractivity contribution < 1.29 is 9.59 Å². The second kappa shape index (κ2) is 7.59. The summed E-state index contributed by atoms with van der Waals surface area (Å²) >= 11 is 0. The standard InChI is InChI=1S/C20H19N3O2/c21-20(25)23-18(24)13-22-19(15-8-2-1-3-9-15)17-12-6-10-14-7-4-5-11-16(14)17/h1-12,19,22H,13H2,(H3,21,23,24,25). The van der Waals surface area contributed by atoms with Crippen molar-refractivity contribution in [3.05, 3.63) is 83.9 Å². The number of benzene rings is 3. The minimum atomic E-state index is -0.853. The summed E-state index contributed by atoms with van der Waals surface area (Å²) in [4.78, 5) is 22.6. The Bertz CT molecular complexity index is 888. The van der Waals surface area contributed by atoms with Crippen LogP contribution in [-0.4, -0.2) is 18.5 Å². The zero-order chi connectivity index (χ0) is 17.6. The Kier molecular flexibility index (Phi) is 5.06. The van der Waals surface area contributed by atoms with Crippen LogP contribution in [0.1, 0.15) is 17.2 Å². The van der Waals surface area contributed by atoms with Crippen molar-refractivity contribution in [2.24, 2.45) is 5.73 Å². The van der Waals surface area contributed by atoms with Crippen LogP contribution >= 0.6 is 0 Å². The molecule has 126 valence electrons. The van der Waals surface area contributed by atoms with E-state index in [4.69, 9.17) is 5.73 Å². The number of carbonyl (C=O) groups is 2. The van der Waals surface area contributed by atoms with Crippen LogP contribution in [-0.2, 0) is 4.79 Å². The molecule has 5 nitrogen and oxygen atoms in total. The fourth-order valence-corrected chi connectivity index (χ4v) is 2.93. The van der Waals surface area contributed by atoms with Crippen LogP contribution in [0.15, 0.2) is 72.8 Å². The van der Waals surface area contributed by atoms with Crippen molar-refractivity contribution in [1.29, 1.82) is 0 Å². The summed E-state index contributed by atoms with van der Waals surface area (Å²) in [6.07, 6.45) is 0. The van der Waals surface area contributed by atoms with Gasteiger partial charge < -0.3 is 5.73 Å². The van der Waals surface area contributed by atoms with Gasteiger partial charge in [0.25, 0.3) is 0 Å². The molecule has 0 spiro atoms. The number of carbonyl (C=O) groups excluding carboxylic acids is 2. The number of primary amides is 1. The topological polar surface area (TPSA) is 84.2 Å². The van der Waals surface area contributed by atoms with Gasteiger partial charge in [0.05, 0.1) is 12.6 Å². The quantitative estimate of drug-likeness (QED) is 0.671. The highest BCUT2D eigenvalue weighted by molar-refractivity contribution is 5.94. The van der Waals surface area contributed by atoms with Crippen LogP contribution < -0.4 is 16.4 Å². The second-order valence-corrected chi connectivity index (χ2v) is 5.71. The summed E-state index contributed by atoms with van der Waals surface area (Å²) in [5, 5.41) is 7.55. The number of urea groups is 1. The van der Waals surface area contributed by atoms with E-state index in [-0.39, 0.29) is 12.6 Å². The van der Waals surface area contributed by atoms with Gasteiger partial charge in [0.2, 0.25) is 5.91 Å². The first-order chi connectivity index (χ1) is 12.1. The molecule has 5 heteroatoms. The van der Waals surface area contributed by atoms with E-state index < -0.39 is 11.9 Å². The first kappa shape index (κ1) is 16.7. The number of rotatable bonds is 5. The monoisotopic (exact) mass is 333 g/mol. The summed E-state index contributed by atoms with van der Waals surface area (Å²) in [5.74, 6) is -0.464. The van der Waals surface area contributed by atoms with Crippen molar-refractivity contribution in [3.63, 3.8) is 0 Å². The van der Waals surface area contributed by atoms with Gasteiger partial charge in [-0.3, -0.25) is 15.4 Å². The van der Waals surface area contributed by atoms with Crippen LogP contribution in [0.4, 0.5) is 4.79 Å². The number of fused-ring (bicyclic) bond motifs is 1. The number of amides is 3.